The number of rotatable bonds is 6. The van der Waals surface area contributed by atoms with Crippen molar-refractivity contribution in [2.45, 2.75) is 39.1 Å². The van der Waals surface area contributed by atoms with Crippen molar-refractivity contribution >= 4 is 23.3 Å². The van der Waals surface area contributed by atoms with Gasteiger partial charge in [-0.15, -0.1) is 0 Å². The van der Waals surface area contributed by atoms with E-state index in [-0.39, 0.29) is 24.1 Å². The van der Waals surface area contributed by atoms with E-state index in [1.165, 1.54) is 0 Å². The molecule has 0 fully saturated rings. The molecule has 0 aliphatic carbocycles. The minimum Gasteiger partial charge on any atom is -0.453 e. The van der Waals surface area contributed by atoms with Crippen LogP contribution in [0.3, 0.4) is 0 Å². The molecule has 2 aliphatic rings. The lowest BCUT2D eigenvalue weighted by atomic mass is 10.1. The molecule has 200 valence electrons. The third-order valence-electron chi connectivity index (χ3n) is 7.90. The first-order valence-electron chi connectivity index (χ1n) is 13.2. The van der Waals surface area contributed by atoms with E-state index in [2.05, 4.69) is 9.80 Å². The number of nitrogens with zero attached hydrogens (tertiary/aromatic N) is 4. The number of aromatic nitrogens is 2. The minimum atomic E-state index is -0.346. The molecule has 6 rings (SSSR count). The third-order valence-corrected chi connectivity index (χ3v) is 7.90. The van der Waals surface area contributed by atoms with E-state index in [4.69, 9.17) is 9.47 Å². The molecule has 4 heterocycles. The highest BCUT2D eigenvalue weighted by Gasteiger charge is 2.36. The second-order valence-electron chi connectivity index (χ2n) is 10.3. The maximum Gasteiger partial charge on any atom is 0.355 e. The van der Waals surface area contributed by atoms with Gasteiger partial charge in [-0.25, -0.2) is 9.59 Å². The zero-order valence-corrected chi connectivity index (χ0v) is 22.6. The fourth-order valence-electron chi connectivity index (χ4n) is 5.58. The van der Waals surface area contributed by atoms with E-state index in [9.17, 15) is 9.59 Å². The number of ether oxygens (including phenoxy) is 2. The van der Waals surface area contributed by atoms with Gasteiger partial charge in [-0.2, -0.15) is 0 Å². The Balaban J connectivity index is 1.22. The van der Waals surface area contributed by atoms with Gasteiger partial charge in [-0.1, -0.05) is 60.7 Å². The molecule has 0 saturated heterocycles. The van der Waals surface area contributed by atoms with Gasteiger partial charge >= 0.3 is 11.9 Å². The summed E-state index contributed by atoms with van der Waals surface area (Å²) < 4.78 is 15.5. The molecule has 0 saturated carbocycles. The minimum absolute atomic E-state index is 0.343. The van der Waals surface area contributed by atoms with Gasteiger partial charge in [0.25, 0.3) is 0 Å². The summed E-state index contributed by atoms with van der Waals surface area (Å²) in [6, 6.07) is 23.3. The van der Waals surface area contributed by atoms with Crippen molar-refractivity contribution in [3.63, 3.8) is 0 Å². The van der Waals surface area contributed by atoms with Crippen LogP contribution in [0.4, 0.5) is 11.4 Å². The molecule has 39 heavy (non-hydrogen) atoms. The molecular weight excluding hydrogens is 492 g/mol. The van der Waals surface area contributed by atoms with E-state index < -0.39 is 0 Å². The van der Waals surface area contributed by atoms with Crippen molar-refractivity contribution in [3.8, 4) is 0 Å². The molecule has 2 aliphatic heterocycles. The molecule has 2 aromatic heterocycles. The van der Waals surface area contributed by atoms with E-state index >= 15 is 0 Å². The molecule has 0 unspecified atom stereocenters. The molecule has 8 heteroatoms. The molecule has 2 bridgehead atoms. The number of fused-ring (bicyclic) bond motifs is 6. The number of hydrogen-bond acceptors (Lipinski definition) is 6. The van der Waals surface area contributed by atoms with Gasteiger partial charge in [0.05, 0.1) is 42.5 Å². The van der Waals surface area contributed by atoms with Gasteiger partial charge < -0.3 is 28.4 Å². The highest BCUT2D eigenvalue weighted by Crippen LogP contribution is 2.41. The lowest BCUT2D eigenvalue weighted by Crippen LogP contribution is -2.46. The first kappa shape index (κ1) is 24.9. The van der Waals surface area contributed by atoms with Crippen molar-refractivity contribution in [3.05, 3.63) is 107 Å². The quantitative estimate of drug-likeness (QED) is 0.311. The van der Waals surface area contributed by atoms with Crippen LogP contribution >= 0.6 is 0 Å². The van der Waals surface area contributed by atoms with Gasteiger partial charge in [-0.3, -0.25) is 0 Å². The molecule has 4 aromatic rings. The number of carbonyl (C=O) groups excluding carboxylic acids is 2. The second-order valence-corrected chi connectivity index (χ2v) is 10.3. The Morgan fingerprint density at radius 2 is 1.05 bits per heavy atom. The SMILES string of the molecule is C[C@H](OC(=O)c1cc2c(n1C)CN1CN2Cc2c1cc(C(=O)O[C@@H](C)c1ccccc1)n2C)c1ccccc1. The predicted octanol–water partition coefficient (Wildman–Crippen LogP) is 5.50. The summed E-state index contributed by atoms with van der Waals surface area (Å²) in [6.07, 6.45) is -0.693. The van der Waals surface area contributed by atoms with Crippen molar-refractivity contribution in [1.29, 1.82) is 0 Å². The van der Waals surface area contributed by atoms with Crippen LogP contribution < -0.4 is 9.80 Å². The highest BCUT2D eigenvalue weighted by molar-refractivity contribution is 5.92. The maximum atomic E-state index is 13.2. The summed E-state index contributed by atoms with van der Waals surface area (Å²) in [7, 11) is 3.82. The molecule has 8 nitrogen and oxygen atoms in total. The van der Waals surface area contributed by atoms with Crippen LogP contribution in [0, 0.1) is 0 Å². The number of hydrogen-bond donors (Lipinski definition) is 0. The van der Waals surface area contributed by atoms with Crippen molar-refractivity contribution in [2.75, 3.05) is 16.5 Å². The Labute approximate surface area is 228 Å². The summed E-state index contributed by atoms with van der Waals surface area (Å²) in [5.74, 6) is -0.687. The lowest BCUT2D eigenvalue weighted by Gasteiger charge is -2.42. The number of benzene rings is 2. The second kappa shape index (κ2) is 9.69. The maximum absolute atomic E-state index is 13.2. The van der Waals surface area contributed by atoms with Crippen molar-refractivity contribution in [2.24, 2.45) is 14.1 Å². The van der Waals surface area contributed by atoms with Gasteiger partial charge in [0.2, 0.25) is 0 Å². The molecule has 0 spiro atoms. The molecule has 0 radical (unpaired) electrons. The fraction of sp³-hybridized carbons (Fsp3) is 0.290. The Bertz CT molecular complexity index is 1420. The van der Waals surface area contributed by atoms with Crippen LogP contribution in [0.2, 0.25) is 0 Å². The lowest BCUT2D eigenvalue weighted by molar-refractivity contribution is 0.0316. The highest BCUT2D eigenvalue weighted by atomic mass is 16.5. The van der Waals surface area contributed by atoms with E-state index in [1.807, 2.05) is 110 Å². The molecule has 2 atom stereocenters. The number of anilines is 2. The fourth-order valence-corrected chi connectivity index (χ4v) is 5.58. The Hall–Kier alpha value is -4.46. The summed E-state index contributed by atoms with van der Waals surface area (Å²) in [6.45, 7) is 5.69. The Morgan fingerprint density at radius 3 is 1.44 bits per heavy atom. The number of carbonyl (C=O) groups is 2. The monoisotopic (exact) mass is 524 g/mol. The van der Waals surface area contributed by atoms with Crippen molar-refractivity contribution < 1.29 is 19.1 Å². The zero-order valence-electron chi connectivity index (χ0n) is 22.6. The predicted molar refractivity (Wildman–Crippen MR) is 149 cm³/mol. The molecule has 2 aromatic carbocycles. The third kappa shape index (κ3) is 4.35. The van der Waals surface area contributed by atoms with Gasteiger partial charge in [-0.05, 0) is 37.1 Å². The first-order valence-corrected chi connectivity index (χ1v) is 13.2. The summed E-state index contributed by atoms with van der Waals surface area (Å²) in [5, 5.41) is 0. The molecule has 0 N–H and O–H groups in total. The average Bonchev–Trinajstić information content (AvgIpc) is 3.47. The van der Waals surface area contributed by atoms with Crippen LogP contribution in [0.1, 0.15) is 69.5 Å². The van der Waals surface area contributed by atoms with Crippen LogP contribution in [0.25, 0.3) is 0 Å². The van der Waals surface area contributed by atoms with Gasteiger partial charge in [0, 0.05) is 14.1 Å². The Morgan fingerprint density at radius 1 is 0.667 bits per heavy atom. The van der Waals surface area contributed by atoms with Crippen LogP contribution in [0.15, 0.2) is 72.8 Å². The van der Waals surface area contributed by atoms with Crippen LogP contribution in [0.5, 0.6) is 0 Å². The van der Waals surface area contributed by atoms with Crippen LogP contribution in [-0.4, -0.2) is 27.7 Å². The van der Waals surface area contributed by atoms with Gasteiger partial charge in [0.1, 0.15) is 23.6 Å². The summed E-state index contributed by atoms with van der Waals surface area (Å²) in [5.41, 5.74) is 7.08. The van der Waals surface area contributed by atoms with E-state index in [0.717, 1.165) is 33.9 Å². The van der Waals surface area contributed by atoms with Gasteiger partial charge in [0.15, 0.2) is 0 Å². The normalized spacial score (nSPS) is 15.3. The molecular formula is C31H32N4O4. The molecule has 0 amide bonds. The summed E-state index contributed by atoms with van der Waals surface area (Å²) in [4.78, 5) is 30.8. The van der Waals surface area contributed by atoms with Crippen LogP contribution in [-0.2, 0) is 36.7 Å². The number of esters is 2. The largest absolute Gasteiger partial charge is 0.453 e. The first-order chi connectivity index (χ1) is 18.8. The Kier molecular flexibility index (Phi) is 6.17. The average molecular weight is 525 g/mol. The van der Waals surface area contributed by atoms with Crippen molar-refractivity contribution in [1.82, 2.24) is 9.13 Å². The topological polar surface area (TPSA) is 68.9 Å². The standard InChI is InChI=1S/C31H32N4O4/c1-20(22-11-7-5-8-12-22)38-30(36)26-15-24-28(32(26)3)17-35-19-34(24)18-29-25(35)16-27(33(29)4)31(37)39-21(2)23-13-9-6-10-14-23/h5-16,20-21H,17-19H2,1-4H3/t20-,21-/m0/s1. The smallest absolute Gasteiger partial charge is 0.355 e. The van der Waals surface area contributed by atoms with E-state index in [0.29, 0.717) is 31.1 Å². The zero-order chi connectivity index (χ0) is 27.3. The van der Waals surface area contributed by atoms with E-state index in [1.54, 1.807) is 0 Å². The summed E-state index contributed by atoms with van der Waals surface area (Å²) >= 11 is 0.